The number of nitrogen functional groups attached to an aromatic ring is 1. The van der Waals surface area contributed by atoms with Crippen LogP contribution in [0.4, 0.5) is 5.69 Å². The first-order chi connectivity index (χ1) is 9.28. The van der Waals surface area contributed by atoms with Crippen LogP contribution < -0.4 is 10.5 Å². The second kappa shape index (κ2) is 4.31. The highest BCUT2D eigenvalue weighted by Gasteiger charge is 2.08. The Morgan fingerprint density at radius 2 is 2.16 bits per heavy atom. The lowest BCUT2D eigenvalue weighted by atomic mass is 10.2. The van der Waals surface area contributed by atoms with Crippen LogP contribution >= 0.6 is 0 Å². The second-order valence-corrected chi connectivity index (χ2v) is 3.86. The van der Waals surface area contributed by atoms with Crippen LogP contribution in [0.5, 0.6) is 11.6 Å². The molecule has 0 amide bonds. The Morgan fingerprint density at radius 1 is 1.26 bits per heavy atom. The zero-order valence-corrected chi connectivity index (χ0v) is 9.82. The first-order valence-electron chi connectivity index (χ1n) is 5.54. The SMILES string of the molecule is N#Cc1ccc(Oc2nccn3nccc23)c(N)c1. The molecule has 19 heavy (non-hydrogen) atoms. The van der Waals surface area contributed by atoms with E-state index < -0.39 is 0 Å². The van der Waals surface area contributed by atoms with Crippen LogP contribution in [0.2, 0.25) is 0 Å². The third kappa shape index (κ3) is 1.93. The number of nitriles is 1. The van der Waals surface area contributed by atoms with Crippen LogP contribution in [0.25, 0.3) is 5.52 Å². The van der Waals surface area contributed by atoms with Gasteiger partial charge < -0.3 is 10.5 Å². The molecule has 92 valence electrons. The standard InChI is InChI=1S/C13H9N5O/c14-8-9-1-2-12(10(15)7-9)19-13-11-3-4-17-18(11)6-5-16-13/h1-7H,15H2. The van der Waals surface area contributed by atoms with Gasteiger partial charge in [0.2, 0.25) is 5.88 Å². The van der Waals surface area contributed by atoms with Crippen LogP contribution in [0.1, 0.15) is 5.56 Å². The van der Waals surface area contributed by atoms with Crippen LogP contribution in [0.3, 0.4) is 0 Å². The highest BCUT2D eigenvalue weighted by molar-refractivity contribution is 5.61. The summed E-state index contributed by atoms with van der Waals surface area (Å²) < 4.78 is 7.33. The van der Waals surface area contributed by atoms with E-state index in [1.54, 1.807) is 47.4 Å². The fraction of sp³-hybridized carbons (Fsp3) is 0. The molecule has 6 nitrogen and oxygen atoms in total. The van der Waals surface area contributed by atoms with Gasteiger partial charge in [-0.05, 0) is 24.3 Å². The monoisotopic (exact) mass is 251 g/mol. The number of hydrogen-bond acceptors (Lipinski definition) is 5. The molecule has 0 aliphatic rings. The fourth-order valence-corrected chi connectivity index (χ4v) is 1.73. The Hall–Kier alpha value is -3.07. The summed E-state index contributed by atoms with van der Waals surface area (Å²) in [4.78, 5) is 4.15. The maximum Gasteiger partial charge on any atom is 0.245 e. The van der Waals surface area contributed by atoms with Gasteiger partial charge in [-0.25, -0.2) is 9.50 Å². The molecule has 0 bridgehead atoms. The van der Waals surface area contributed by atoms with Crippen molar-refractivity contribution in [3.8, 4) is 17.7 Å². The van der Waals surface area contributed by atoms with Crippen molar-refractivity contribution >= 4 is 11.2 Å². The van der Waals surface area contributed by atoms with Crippen LogP contribution in [0.15, 0.2) is 42.9 Å². The quantitative estimate of drug-likeness (QED) is 0.703. The molecule has 0 aliphatic carbocycles. The number of anilines is 1. The van der Waals surface area contributed by atoms with E-state index in [9.17, 15) is 0 Å². The number of ether oxygens (including phenoxy) is 1. The topological polar surface area (TPSA) is 89.2 Å². The summed E-state index contributed by atoms with van der Waals surface area (Å²) in [6, 6.07) is 8.66. The van der Waals surface area contributed by atoms with Crippen LogP contribution in [0, 0.1) is 11.3 Å². The van der Waals surface area contributed by atoms with E-state index in [4.69, 9.17) is 15.7 Å². The highest BCUT2D eigenvalue weighted by atomic mass is 16.5. The first-order valence-corrected chi connectivity index (χ1v) is 5.54. The Balaban J connectivity index is 2.02. The summed E-state index contributed by atoms with van der Waals surface area (Å²) in [5.74, 6) is 0.872. The largest absolute Gasteiger partial charge is 0.435 e. The average Bonchev–Trinajstić information content (AvgIpc) is 2.90. The van der Waals surface area contributed by atoms with Gasteiger partial charge >= 0.3 is 0 Å². The van der Waals surface area contributed by atoms with Crippen molar-refractivity contribution in [2.24, 2.45) is 0 Å². The average molecular weight is 251 g/mol. The van der Waals surface area contributed by atoms with Crippen molar-refractivity contribution in [2.75, 3.05) is 5.73 Å². The van der Waals surface area contributed by atoms with Gasteiger partial charge in [0.05, 0.1) is 23.5 Å². The number of aromatic nitrogens is 3. The van der Waals surface area contributed by atoms with E-state index in [2.05, 4.69) is 10.1 Å². The summed E-state index contributed by atoms with van der Waals surface area (Å²) in [6.07, 6.45) is 4.98. The van der Waals surface area contributed by atoms with Gasteiger partial charge in [0, 0.05) is 12.4 Å². The van der Waals surface area contributed by atoms with Gasteiger partial charge in [-0.3, -0.25) is 0 Å². The molecule has 6 heteroatoms. The molecule has 0 atom stereocenters. The van der Waals surface area contributed by atoms with E-state index in [1.165, 1.54) is 0 Å². The van der Waals surface area contributed by atoms with Crippen molar-refractivity contribution < 1.29 is 4.74 Å². The fourth-order valence-electron chi connectivity index (χ4n) is 1.73. The molecule has 0 fully saturated rings. The molecular weight excluding hydrogens is 242 g/mol. The van der Waals surface area contributed by atoms with Crippen LogP contribution in [-0.4, -0.2) is 14.6 Å². The highest BCUT2D eigenvalue weighted by Crippen LogP contribution is 2.29. The molecule has 0 saturated heterocycles. The number of rotatable bonds is 2. The number of hydrogen-bond donors (Lipinski definition) is 1. The van der Waals surface area contributed by atoms with Crippen molar-refractivity contribution in [1.29, 1.82) is 5.26 Å². The van der Waals surface area contributed by atoms with Gasteiger partial charge in [-0.15, -0.1) is 0 Å². The molecule has 3 aromatic rings. The maximum atomic E-state index is 8.79. The van der Waals surface area contributed by atoms with Gasteiger partial charge in [-0.1, -0.05) is 0 Å². The van der Waals surface area contributed by atoms with E-state index in [0.29, 0.717) is 22.9 Å². The lowest BCUT2D eigenvalue weighted by Crippen LogP contribution is -1.97. The smallest absolute Gasteiger partial charge is 0.245 e. The summed E-state index contributed by atoms with van der Waals surface area (Å²) in [7, 11) is 0. The van der Waals surface area contributed by atoms with E-state index in [0.717, 1.165) is 5.52 Å². The first kappa shape index (κ1) is 11.0. The predicted octanol–water partition coefficient (Wildman–Crippen LogP) is 1.98. The molecule has 2 N–H and O–H groups in total. The summed E-state index contributed by atoms with van der Waals surface area (Å²) in [5.41, 5.74) is 7.46. The molecule has 0 radical (unpaired) electrons. The molecular formula is C13H9N5O. The number of fused-ring (bicyclic) bond motifs is 1. The molecule has 0 saturated carbocycles. The lowest BCUT2D eigenvalue weighted by Gasteiger charge is -2.08. The second-order valence-electron chi connectivity index (χ2n) is 3.86. The molecule has 1 aromatic carbocycles. The van der Waals surface area contributed by atoms with Crippen molar-refractivity contribution in [2.45, 2.75) is 0 Å². The number of nitrogens with zero attached hydrogens (tertiary/aromatic N) is 4. The third-order valence-electron chi connectivity index (χ3n) is 2.63. The van der Waals surface area contributed by atoms with Gasteiger partial charge in [-0.2, -0.15) is 10.4 Å². The number of nitrogens with two attached hydrogens (primary N) is 1. The van der Waals surface area contributed by atoms with Gasteiger partial charge in [0.15, 0.2) is 5.75 Å². The Kier molecular flexibility index (Phi) is 2.50. The summed E-state index contributed by atoms with van der Waals surface area (Å²) in [6.45, 7) is 0. The van der Waals surface area contributed by atoms with E-state index in [1.807, 2.05) is 6.07 Å². The maximum absolute atomic E-state index is 8.79. The van der Waals surface area contributed by atoms with E-state index >= 15 is 0 Å². The molecule has 3 rings (SSSR count). The van der Waals surface area contributed by atoms with Crippen molar-refractivity contribution in [3.63, 3.8) is 0 Å². The lowest BCUT2D eigenvalue weighted by molar-refractivity contribution is 0.467. The summed E-state index contributed by atoms with van der Waals surface area (Å²) in [5, 5.41) is 12.9. The van der Waals surface area contributed by atoms with Crippen molar-refractivity contribution in [3.05, 3.63) is 48.4 Å². The van der Waals surface area contributed by atoms with Gasteiger partial charge in [0.1, 0.15) is 5.52 Å². The minimum absolute atomic E-state index is 0.391. The normalized spacial score (nSPS) is 10.3. The minimum atomic E-state index is 0.391. The Morgan fingerprint density at radius 3 is 2.95 bits per heavy atom. The van der Waals surface area contributed by atoms with Crippen LogP contribution in [-0.2, 0) is 0 Å². The van der Waals surface area contributed by atoms with Gasteiger partial charge in [0.25, 0.3) is 0 Å². The molecule has 0 aliphatic heterocycles. The zero-order valence-electron chi connectivity index (χ0n) is 9.82. The molecule has 2 aromatic heterocycles. The third-order valence-corrected chi connectivity index (χ3v) is 2.63. The predicted molar refractivity (Wildman–Crippen MR) is 68.6 cm³/mol. The van der Waals surface area contributed by atoms with E-state index in [-0.39, 0.29) is 0 Å². The summed E-state index contributed by atoms with van der Waals surface area (Å²) >= 11 is 0. The zero-order chi connectivity index (χ0) is 13.2. The molecule has 0 spiro atoms. The minimum Gasteiger partial charge on any atom is -0.435 e. The Bertz CT molecular complexity index is 787. The van der Waals surface area contributed by atoms with Crippen molar-refractivity contribution in [1.82, 2.24) is 14.6 Å². The number of benzene rings is 1. The molecule has 0 unspecified atom stereocenters. The Labute approximate surface area is 108 Å². The molecule has 2 heterocycles.